The van der Waals surface area contributed by atoms with Crippen LogP contribution >= 0.6 is 0 Å². The van der Waals surface area contributed by atoms with Crippen molar-refractivity contribution in [1.29, 1.82) is 0 Å². The monoisotopic (exact) mass is 321 g/mol. The van der Waals surface area contributed by atoms with Gasteiger partial charge in [-0.1, -0.05) is 0 Å². The van der Waals surface area contributed by atoms with E-state index >= 15 is 0 Å². The summed E-state index contributed by atoms with van der Waals surface area (Å²) in [5.41, 5.74) is -0.205. The van der Waals surface area contributed by atoms with Crippen LogP contribution < -0.4 is 5.32 Å². The molecule has 0 bridgehead atoms. The molecular weight excluding hydrogens is 290 g/mol. The molecule has 0 fully saturated rings. The van der Waals surface area contributed by atoms with Gasteiger partial charge in [0, 0.05) is 12.0 Å². The quantitative estimate of drug-likeness (QED) is 0.449. The number of amides is 1. The maximum absolute atomic E-state index is 11.5. The fourth-order valence-corrected chi connectivity index (χ4v) is 1.47. The Balaban J connectivity index is 3.16. The number of carbonyl (C=O) groups is 1. The van der Waals surface area contributed by atoms with Gasteiger partial charge >= 0.3 is 0 Å². The number of hydrogen-bond donors (Lipinski definition) is 2. The number of rotatable bonds is 14. The van der Waals surface area contributed by atoms with Gasteiger partial charge in [-0.25, -0.2) is 0 Å². The SMILES string of the molecule is CC(C)(C)NC(=O)CCOCCOCCOCCOCCO. The maximum atomic E-state index is 11.5. The Labute approximate surface area is 133 Å². The summed E-state index contributed by atoms with van der Waals surface area (Å²) in [5, 5.41) is 11.4. The van der Waals surface area contributed by atoms with E-state index in [1.165, 1.54) is 0 Å². The minimum Gasteiger partial charge on any atom is -0.394 e. The van der Waals surface area contributed by atoms with Gasteiger partial charge in [-0.2, -0.15) is 0 Å². The number of aliphatic hydroxyl groups excluding tert-OH is 1. The second kappa shape index (κ2) is 13.9. The predicted molar refractivity (Wildman–Crippen MR) is 82.9 cm³/mol. The molecule has 7 nitrogen and oxygen atoms in total. The molecule has 0 radical (unpaired) electrons. The first kappa shape index (κ1) is 21.3. The zero-order valence-corrected chi connectivity index (χ0v) is 14.1. The van der Waals surface area contributed by atoms with Crippen molar-refractivity contribution in [2.45, 2.75) is 32.7 Å². The average molecular weight is 321 g/mol. The maximum Gasteiger partial charge on any atom is 0.222 e. The highest BCUT2D eigenvalue weighted by atomic mass is 16.6. The summed E-state index contributed by atoms with van der Waals surface area (Å²) < 4.78 is 20.9. The van der Waals surface area contributed by atoms with Crippen molar-refractivity contribution in [3.05, 3.63) is 0 Å². The molecule has 1 amide bonds. The van der Waals surface area contributed by atoms with Gasteiger partial charge in [0.1, 0.15) is 0 Å². The second-order valence-electron chi connectivity index (χ2n) is 5.72. The van der Waals surface area contributed by atoms with E-state index in [1.54, 1.807) is 0 Å². The summed E-state index contributed by atoms with van der Waals surface area (Å²) in [6, 6.07) is 0. The molecule has 0 rings (SSSR count). The highest BCUT2D eigenvalue weighted by molar-refractivity contribution is 5.76. The van der Waals surface area contributed by atoms with Crippen LogP contribution in [0.1, 0.15) is 27.2 Å². The summed E-state index contributed by atoms with van der Waals surface area (Å²) in [6.07, 6.45) is 0.355. The van der Waals surface area contributed by atoms with Gasteiger partial charge in [0.2, 0.25) is 5.91 Å². The van der Waals surface area contributed by atoms with Gasteiger partial charge in [-0.05, 0) is 20.8 Å². The third-order valence-corrected chi connectivity index (χ3v) is 2.34. The normalized spacial score (nSPS) is 11.6. The first-order chi connectivity index (χ1) is 10.5. The van der Waals surface area contributed by atoms with Gasteiger partial charge in [-0.15, -0.1) is 0 Å². The molecule has 0 aliphatic rings. The molecule has 22 heavy (non-hydrogen) atoms. The number of hydrogen-bond acceptors (Lipinski definition) is 6. The average Bonchev–Trinajstić information content (AvgIpc) is 2.42. The third-order valence-electron chi connectivity index (χ3n) is 2.34. The van der Waals surface area contributed by atoms with E-state index in [4.69, 9.17) is 24.1 Å². The fraction of sp³-hybridized carbons (Fsp3) is 0.933. The van der Waals surface area contributed by atoms with E-state index < -0.39 is 0 Å². The minimum atomic E-state index is -0.205. The highest BCUT2D eigenvalue weighted by Gasteiger charge is 2.12. The lowest BCUT2D eigenvalue weighted by molar-refractivity contribution is -0.123. The lowest BCUT2D eigenvalue weighted by Gasteiger charge is -2.20. The Hall–Kier alpha value is -0.730. The predicted octanol–water partition coefficient (Wildman–Crippen LogP) is 0.350. The van der Waals surface area contributed by atoms with E-state index in [1.807, 2.05) is 20.8 Å². The smallest absolute Gasteiger partial charge is 0.222 e. The molecule has 0 unspecified atom stereocenters. The van der Waals surface area contributed by atoms with Crippen molar-refractivity contribution in [3.63, 3.8) is 0 Å². The first-order valence-corrected chi connectivity index (χ1v) is 7.68. The Morgan fingerprint density at radius 1 is 0.818 bits per heavy atom. The molecule has 0 aliphatic heterocycles. The minimum absolute atomic E-state index is 0.00904. The summed E-state index contributed by atoms with van der Waals surface area (Å²) in [5.74, 6) is -0.00904. The van der Waals surface area contributed by atoms with Crippen LogP contribution in [0.2, 0.25) is 0 Å². The highest BCUT2D eigenvalue weighted by Crippen LogP contribution is 1.99. The molecule has 7 heteroatoms. The summed E-state index contributed by atoms with van der Waals surface area (Å²) in [6.45, 7) is 9.48. The number of ether oxygens (including phenoxy) is 4. The van der Waals surface area contributed by atoms with Gasteiger partial charge in [-0.3, -0.25) is 4.79 Å². The van der Waals surface area contributed by atoms with Crippen LogP contribution in [-0.4, -0.2) is 76.0 Å². The lowest BCUT2D eigenvalue weighted by atomic mass is 10.1. The largest absolute Gasteiger partial charge is 0.394 e. The van der Waals surface area contributed by atoms with Crippen molar-refractivity contribution in [2.75, 3.05) is 59.5 Å². The summed E-state index contributed by atoms with van der Waals surface area (Å²) in [7, 11) is 0. The van der Waals surface area contributed by atoms with E-state index in [0.717, 1.165) is 0 Å². The second-order valence-corrected chi connectivity index (χ2v) is 5.72. The van der Waals surface area contributed by atoms with E-state index in [0.29, 0.717) is 59.3 Å². The molecule has 0 aromatic carbocycles. The first-order valence-electron chi connectivity index (χ1n) is 7.68. The Morgan fingerprint density at radius 2 is 1.23 bits per heavy atom. The molecule has 0 atom stereocenters. The Morgan fingerprint density at radius 3 is 1.64 bits per heavy atom. The van der Waals surface area contributed by atoms with Crippen molar-refractivity contribution >= 4 is 5.91 Å². The Bertz CT molecular complexity index is 267. The third kappa shape index (κ3) is 17.3. The van der Waals surface area contributed by atoms with Crippen LogP contribution in [0.4, 0.5) is 0 Å². The standard InChI is InChI=1S/C15H31NO6/c1-15(2,3)16-14(18)4-6-19-8-10-21-12-13-22-11-9-20-7-5-17/h17H,4-13H2,1-3H3,(H,16,18). The molecule has 0 heterocycles. The van der Waals surface area contributed by atoms with Crippen molar-refractivity contribution in [3.8, 4) is 0 Å². The number of nitrogens with one attached hydrogen (secondary N) is 1. The summed E-state index contributed by atoms with van der Waals surface area (Å²) >= 11 is 0. The van der Waals surface area contributed by atoms with Crippen LogP contribution in [0.25, 0.3) is 0 Å². The zero-order chi connectivity index (χ0) is 16.7. The van der Waals surface area contributed by atoms with Crippen LogP contribution in [0.15, 0.2) is 0 Å². The summed E-state index contributed by atoms with van der Waals surface area (Å²) in [4.78, 5) is 11.5. The number of aliphatic hydroxyl groups is 1. The molecule has 132 valence electrons. The van der Waals surface area contributed by atoms with Crippen LogP contribution in [0.5, 0.6) is 0 Å². The van der Waals surface area contributed by atoms with Gasteiger partial charge in [0.15, 0.2) is 0 Å². The van der Waals surface area contributed by atoms with Gasteiger partial charge in [0.25, 0.3) is 0 Å². The van der Waals surface area contributed by atoms with Crippen LogP contribution in [0.3, 0.4) is 0 Å². The van der Waals surface area contributed by atoms with E-state index in [-0.39, 0.29) is 18.1 Å². The van der Waals surface area contributed by atoms with E-state index in [9.17, 15) is 4.79 Å². The molecule has 0 spiro atoms. The molecular formula is C15H31NO6. The Kier molecular flexibility index (Phi) is 13.4. The molecule has 0 aromatic rings. The zero-order valence-electron chi connectivity index (χ0n) is 14.1. The molecule has 0 aromatic heterocycles. The van der Waals surface area contributed by atoms with Gasteiger partial charge in [0.05, 0.1) is 59.5 Å². The van der Waals surface area contributed by atoms with Crippen molar-refractivity contribution in [1.82, 2.24) is 5.32 Å². The topological polar surface area (TPSA) is 86.3 Å². The van der Waals surface area contributed by atoms with E-state index in [2.05, 4.69) is 5.32 Å². The van der Waals surface area contributed by atoms with Crippen molar-refractivity contribution < 1.29 is 28.8 Å². The van der Waals surface area contributed by atoms with Crippen LogP contribution in [0, 0.1) is 0 Å². The number of carbonyl (C=O) groups excluding carboxylic acids is 1. The van der Waals surface area contributed by atoms with Crippen LogP contribution in [-0.2, 0) is 23.7 Å². The molecule has 0 saturated carbocycles. The lowest BCUT2D eigenvalue weighted by Crippen LogP contribution is -2.40. The molecule has 0 saturated heterocycles. The molecule has 2 N–H and O–H groups in total. The van der Waals surface area contributed by atoms with Crippen molar-refractivity contribution in [2.24, 2.45) is 0 Å². The fourth-order valence-electron chi connectivity index (χ4n) is 1.47. The molecule has 0 aliphatic carbocycles. The van der Waals surface area contributed by atoms with Gasteiger partial charge < -0.3 is 29.4 Å².